The number of hydrogen-bond donors (Lipinski definition) is 0. The van der Waals surface area contributed by atoms with Crippen molar-refractivity contribution in [2.45, 2.75) is 0 Å². The van der Waals surface area contributed by atoms with Gasteiger partial charge in [0, 0.05) is 11.3 Å². The number of aromatic nitrogens is 2. The minimum atomic E-state index is 0.194. The molecule has 0 saturated carbocycles. The monoisotopic (exact) mass is 648 g/mol. The maximum Gasteiger partial charge on any atom is 0.145 e. The molecular weight excluding hydrogens is 623 g/mol. The molecule has 52 heavy (non-hydrogen) atoms. The third-order valence-corrected chi connectivity index (χ3v) is 10.1. The third-order valence-electron chi connectivity index (χ3n) is 10.1. The van der Waals surface area contributed by atoms with Gasteiger partial charge in [-0.05, 0) is 79.2 Å². The Morgan fingerprint density at radius 1 is 0.365 bits per heavy atom. The van der Waals surface area contributed by atoms with Crippen molar-refractivity contribution < 1.29 is 0 Å². The van der Waals surface area contributed by atoms with E-state index in [1.807, 2.05) is 42.5 Å². The van der Waals surface area contributed by atoms with Crippen molar-refractivity contribution in [2.75, 3.05) is 0 Å². The number of para-hydroxylation sites is 2. The van der Waals surface area contributed by atoms with Crippen LogP contribution in [-0.2, 0) is 0 Å². The number of benzene rings is 8. The summed E-state index contributed by atoms with van der Waals surface area (Å²) in [6.45, 7) is 0. The van der Waals surface area contributed by atoms with Crippen LogP contribution in [0.15, 0.2) is 152 Å². The van der Waals surface area contributed by atoms with Crippen molar-refractivity contribution in [2.24, 2.45) is 0 Å². The van der Waals surface area contributed by atoms with Gasteiger partial charge in [-0.25, -0.2) is 4.98 Å². The first-order valence-electron chi connectivity index (χ1n) is 17.1. The lowest BCUT2D eigenvalue weighted by Crippen LogP contribution is -2.55. The highest BCUT2D eigenvalue weighted by atomic mass is 15.1. The molecule has 0 amide bonds. The summed E-state index contributed by atoms with van der Waals surface area (Å²) in [5, 5.41) is 4.42. The number of imidazole rings is 1. The summed E-state index contributed by atoms with van der Waals surface area (Å²) in [6.07, 6.45) is 0. The molecule has 0 aliphatic heterocycles. The smallest absolute Gasteiger partial charge is 0.145 e. The summed E-state index contributed by atoms with van der Waals surface area (Å²) < 4.78 is 2.23. The minimum Gasteiger partial charge on any atom is -0.292 e. The van der Waals surface area contributed by atoms with Crippen LogP contribution in [0.5, 0.6) is 0 Å². The van der Waals surface area contributed by atoms with Gasteiger partial charge >= 0.3 is 0 Å². The normalized spacial score (nSPS) is 11.5. The fraction of sp³-hybridized carbons (Fsp3) is 0. The molecule has 0 aliphatic carbocycles. The summed E-state index contributed by atoms with van der Waals surface area (Å²) in [5.74, 6) is 0.902. The Kier molecular flexibility index (Phi) is 7.81. The zero-order chi connectivity index (χ0) is 35.5. The third kappa shape index (κ3) is 4.99. The van der Waals surface area contributed by atoms with Crippen LogP contribution in [0.3, 0.4) is 0 Å². The molecule has 0 spiro atoms. The number of hydrogen-bond acceptors (Lipinski definition) is 1. The molecule has 1 heterocycles. The van der Waals surface area contributed by atoms with E-state index in [-0.39, 0.29) is 16.4 Å². The molecule has 9 rings (SSSR count). The van der Waals surface area contributed by atoms with Gasteiger partial charge in [0.15, 0.2) is 0 Å². The Bertz CT molecular complexity index is 2760. The van der Waals surface area contributed by atoms with Crippen LogP contribution in [0.25, 0.3) is 83.0 Å². The molecule has 1 aromatic heterocycles. The van der Waals surface area contributed by atoms with E-state index in [1.165, 1.54) is 0 Å². The lowest BCUT2D eigenvalue weighted by molar-refractivity contribution is 1.10. The van der Waals surface area contributed by atoms with Crippen LogP contribution in [-0.4, -0.2) is 48.8 Å². The molecule has 8 aromatic carbocycles. The van der Waals surface area contributed by atoms with Gasteiger partial charge in [0.2, 0.25) is 0 Å². The van der Waals surface area contributed by atoms with Crippen LogP contribution >= 0.6 is 0 Å². The summed E-state index contributed by atoms with van der Waals surface area (Å²) in [4.78, 5) is 5.04. The van der Waals surface area contributed by atoms with E-state index in [0.717, 1.165) is 77.5 Å². The van der Waals surface area contributed by atoms with E-state index in [1.54, 1.807) is 0 Å². The second-order valence-electron chi connectivity index (χ2n) is 13.0. The quantitative estimate of drug-likeness (QED) is 0.166. The Labute approximate surface area is 309 Å². The maximum atomic E-state index is 6.63. The van der Waals surface area contributed by atoms with E-state index in [4.69, 9.17) is 44.2 Å². The van der Waals surface area contributed by atoms with Gasteiger partial charge < -0.3 is 0 Å². The van der Waals surface area contributed by atoms with Crippen molar-refractivity contribution >= 4 is 99.1 Å². The summed E-state index contributed by atoms with van der Waals surface area (Å²) >= 11 is 0. The largest absolute Gasteiger partial charge is 0.292 e. The molecule has 0 bridgehead atoms. The molecule has 0 atom stereocenters. The zero-order valence-electron chi connectivity index (χ0n) is 28.2. The second-order valence-corrected chi connectivity index (χ2v) is 13.0. The highest BCUT2D eigenvalue weighted by Gasteiger charge is 2.21. The van der Waals surface area contributed by atoms with Gasteiger partial charge in [0.1, 0.15) is 45.1 Å². The molecule has 0 N–H and O–H groups in total. The molecule has 7 heteroatoms. The van der Waals surface area contributed by atoms with E-state index < -0.39 is 0 Å². The Hall–Kier alpha value is -5.93. The van der Waals surface area contributed by atoms with Crippen molar-refractivity contribution in [3.8, 4) is 50.5 Å². The van der Waals surface area contributed by atoms with Crippen molar-refractivity contribution in [3.05, 3.63) is 152 Å². The Morgan fingerprint density at radius 2 is 0.827 bits per heavy atom. The SMILES string of the molecule is [B]c1c([B])c([B])c(-c2ccccc2-c2c3ccccc3c(-c3ccc(-n4c(-c5ccccc5)nc5ccccc54)cc3)c3ccccc23)c([B])c1[B]. The first kappa shape index (κ1) is 32.0. The molecule has 230 valence electrons. The maximum absolute atomic E-state index is 6.63. The van der Waals surface area contributed by atoms with Gasteiger partial charge in [-0.2, -0.15) is 0 Å². The molecule has 0 unspecified atom stereocenters. The predicted octanol–water partition coefficient (Wildman–Crippen LogP) is 5.97. The highest BCUT2D eigenvalue weighted by Crippen LogP contribution is 2.45. The van der Waals surface area contributed by atoms with Crippen LogP contribution in [0.2, 0.25) is 0 Å². The molecule has 0 fully saturated rings. The van der Waals surface area contributed by atoms with Gasteiger partial charge in [-0.1, -0.05) is 138 Å². The fourth-order valence-corrected chi connectivity index (χ4v) is 7.63. The average molecular weight is 648 g/mol. The van der Waals surface area contributed by atoms with Crippen LogP contribution in [0, 0.1) is 0 Å². The molecular formula is C45H25B5N2. The standard InChI is InChI=1S/C45H25B5N2/c46-40-39(41(47)43(49)44(50)42(40)48)34-19-9-8-18-33(34)38-31-16-6-4-14-29(31)37(30-15-5-7-17-32(30)38)26-22-24-28(25-23-26)52-36-21-11-10-20-35(36)51-45(52)27-12-2-1-3-13-27/h1-25H. The van der Waals surface area contributed by atoms with Crippen molar-refractivity contribution in [1.82, 2.24) is 9.55 Å². The van der Waals surface area contributed by atoms with Crippen molar-refractivity contribution in [1.29, 1.82) is 0 Å². The number of fused-ring (bicyclic) bond motifs is 3. The summed E-state index contributed by atoms with van der Waals surface area (Å²) in [7, 11) is 32.2. The van der Waals surface area contributed by atoms with Crippen LogP contribution in [0.4, 0.5) is 0 Å². The van der Waals surface area contributed by atoms with Gasteiger partial charge in [-0.15, -0.1) is 16.4 Å². The Morgan fingerprint density at radius 3 is 1.42 bits per heavy atom. The molecule has 0 saturated heterocycles. The lowest BCUT2D eigenvalue weighted by Gasteiger charge is -2.24. The number of rotatable bonds is 5. The van der Waals surface area contributed by atoms with Crippen LogP contribution in [0.1, 0.15) is 0 Å². The molecule has 2 nitrogen and oxygen atoms in total. The highest BCUT2D eigenvalue weighted by molar-refractivity contribution is 6.68. The topological polar surface area (TPSA) is 17.8 Å². The van der Waals surface area contributed by atoms with Crippen molar-refractivity contribution in [3.63, 3.8) is 0 Å². The minimum absolute atomic E-state index is 0.194. The van der Waals surface area contributed by atoms with Gasteiger partial charge in [0.25, 0.3) is 0 Å². The lowest BCUT2D eigenvalue weighted by atomic mass is 9.59. The second kappa shape index (κ2) is 12.7. The summed E-state index contributed by atoms with van der Waals surface area (Å²) in [5.41, 5.74) is 11.0. The van der Waals surface area contributed by atoms with E-state index in [9.17, 15) is 0 Å². The molecule has 9 aromatic rings. The summed E-state index contributed by atoms with van der Waals surface area (Å²) in [6, 6.07) is 52.5. The van der Waals surface area contributed by atoms with E-state index >= 15 is 0 Å². The molecule has 10 radical (unpaired) electrons. The predicted molar refractivity (Wildman–Crippen MR) is 225 cm³/mol. The number of nitrogens with zero attached hydrogens (tertiary/aromatic N) is 2. The van der Waals surface area contributed by atoms with Gasteiger partial charge in [0.05, 0.1) is 11.0 Å². The Balaban J connectivity index is 1.27. The first-order chi connectivity index (χ1) is 25.4. The van der Waals surface area contributed by atoms with E-state index in [2.05, 4.69) is 114 Å². The first-order valence-corrected chi connectivity index (χ1v) is 17.1. The van der Waals surface area contributed by atoms with Crippen LogP contribution < -0.4 is 27.3 Å². The molecule has 0 aliphatic rings. The average Bonchev–Trinajstić information content (AvgIpc) is 3.59. The van der Waals surface area contributed by atoms with Gasteiger partial charge in [-0.3, -0.25) is 4.57 Å². The fourth-order valence-electron chi connectivity index (χ4n) is 7.63. The van der Waals surface area contributed by atoms with E-state index in [0.29, 0.717) is 16.5 Å². The zero-order valence-corrected chi connectivity index (χ0v) is 28.2.